The van der Waals surface area contributed by atoms with Gasteiger partial charge in [-0.05, 0) is 86.9 Å². The molecule has 0 saturated carbocycles. The van der Waals surface area contributed by atoms with Crippen molar-refractivity contribution in [2.45, 2.75) is 59.3 Å². The number of aromatic nitrogens is 2. The first-order valence-electron chi connectivity index (χ1n) is 18.3. The molecule has 3 heteroatoms. The van der Waals surface area contributed by atoms with Gasteiger partial charge < -0.3 is 9.13 Å². The van der Waals surface area contributed by atoms with Crippen LogP contribution >= 0.6 is 0 Å². The minimum atomic E-state index is 0.288. The monoisotopic (exact) mass is 663 g/mol. The van der Waals surface area contributed by atoms with E-state index in [1.807, 2.05) is 26.0 Å². The number of rotatable bonds is 3. The fraction of sp³-hybridized carbons (Fsp3) is 0.188. The number of aryl methyl sites for hydroxylation is 1. The number of para-hydroxylation sites is 3. The Morgan fingerprint density at radius 1 is 0.686 bits per heavy atom. The van der Waals surface area contributed by atoms with Gasteiger partial charge in [0.05, 0.1) is 22.6 Å². The van der Waals surface area contributed by atoms with E-state index >= 15 is 0 Å². The first-order chi connectivity index (χ1) is 25.0. The van der Waals surface area contributed by atoms with Gasteiger partial charge in [-0.2, -0.15) is 5.26 Å². The summed E-state index contributed by atoms with van der Waals surface area (Å²) in [5, 5.41) is 13.1. The Kier molecular flexibility index (Phi) is 9.60. The zero-order valence-electron chi connectivity index (χ0n) is 30.3. The van der Waals surface area contributed by atoms with Crippen molar-refractivity contribution < 1.29 is 0 Å². The van der Waals surface area contributed by atoms with Crippen LogP contribution in [-0.2, 0) is 0 Å². The van der Waals surface area contributed by atoms with Crippen LogP contribution in [0.3, 0.4) is 0 Å². The second-order valence-electron chi connectivity index (χ2n) is 13.5. The first kappa shape index (κ1) is 33.6. The molecule has 0 saturated heterocycles. The second kappa shape index (κ2) is 14.6. The van der Waals surface area contributed by atoms with E-state index in [1.165, 1.54) is 72.0 Å². The largest absolute Gasteiger partial charge is 0.313 e. The van der Waals surface area contributed by atoms with Crippen LogP contribution in [0.1, 0.15) is 74.8 Å². The molecule has 0 fully saturated rings. The third-order valence-corrected chi connectivity index (χ3v) is 10.1. The van der Waals surface area contributed by atoms with Crippen LogP contribution in [-0.4, -0.2) is 9.13 Å². The molecule has 2 aromatic heterocycles. The average molecular weight is 664 g/mol. The third-order valence-electron chi connectivity index (χ3n) is 10.1. The molecule has 2 heterocycles. The average Bonchev–Trinajstić information content (AvgIpc) is 3.69. The van der Waals surface area contributed by atoms with E-state index in [9.17, 15) is 0 Å². The van der Waals surface area contributed by atoms with Crippen LogP contribution in [0.15, 0.2) is 151 Å². The van der Waals surface area contributed by atoms with Crippen LogP contribution in [0, 0.1) is 18.3 Å². The van der Waals surface area contributed by atoms with Gasteiger partial charge in [-0.25, -0.2) is 0 Å². The Morgan fingerprint density at radius 3 is 2.02 bits per heavy atom. The Morgan fingerprint density at radius 2 is 1.33 bits per heavy atom. The summed E-state index contributed by atoms with van der Waals surface area (Å²) in [6, 6.07) is 45.6. The number of benzene rings is 5. The van der Waals surface area contributed by atoms with E-state index in [2.05, 4.69) is 169 Å². The van der Waals surface area contributed by atoms with Gasteiger partial charge in [0.15, 0.2) is 0 Å². The summed E-state index contributed by atoms with van der Waals surface area (Å²) in [5.41, 5.74) is 13.9. The molecule has 2 aliphatic rings. The molecule has 252 valence electrons. The maximum Gasteiger partial charge on any atom is 0.0988 e. The summed E-state index contributed by atoms with van der Waals surface area (Å²) in [4.78, 5) is 0. The first-order valence-corrected chi connectivity index (χ1v) is 18.3. The predicted octanol–water partition coefficient (Wildman–Crippen LogP) is 13.2. The molecule has 0 N–H and O–H groups in total. The van der Waals surface area contributed by atoms with E-state index in [0.717, 1.165) is 18.4 Å². The molecular formula is C48H45N3. The van der Waals surface area contributed by atoms with Crippen LogP contribution in [0.2, 0.25) is 0 Å². The van der Waals surface area contributed by atoms with Crippen molar-refractivity contribution in [3.8, 4) is 17.4 Å². The summed E-state index contributed by atoms with van der Waals surface area (Å²) in [5.74, 6) is 0.841. The van der Waals surface area contributed by atoms with E-state index < -0.39 is 0 Å². The Bertz CT molecular complexity index is 2480. The van der Waals surface area contributed by atoms with Gasteiger partial charge in [-0.3, -0.25) is 0 Å². The molecule has 0 aliphatic heterocycles. The van der Waals surface area contributed by atoms with Gasteiger partial charge in [0.25, 0.3) is 0 Å². The van der Waals surface area contributed by atoms with Crippen molar-refractivity contribution in [2.75, 3.05) is 0 Å². The van der Waals surface area contributed by atoms with Crippen molar-refractivity contribution in [3.63, 3.8) is 0 Å². The van der Waals surface area contributed by atoms with Crippen molar-refractivity contribution in [1.29, 1.82) is 5.26 Å². The molecule has 2 unspecified atom stereocenters. The SMILES string of the molecule is CC.CC1=Cc2c(n(-c3ccccc3)c3ccccc23)C(C)C1.Cc1ccc2c(c1)c1c(C3C=CC(C#N)=CC3)cccc1n2-c1ccccc1. The third kappa shape index (κ3) is 6.24. The Balaban J connectivity index is 0.000000158. The van der Waals surface area contributed by atoms with Crippen LogP contribution in [0.4, 0.5) is 0 Å². The van der Waals surface area contributed by atoms with Crippen molar-refractivity contribution in [2.24, 2.45) is 0 Å². The zero-order valence-corrected chi connectivity index (χ0v) is 30.3. The topological polar surface area (TPSA) is 33.6 Å². The normalized spacial score (nSPS) is 16.3. The number of nitrogens with zero attached hydrogens (tertiary/aromatic N) is 3. The lowest BCUT2D eigenvalue weighted by Gasteiger charge is -2.22. The molecule has 2 atom stereocenters. The van der Waals surface area contributed by atoms with E-state index in [0.29, 0.717) is 5.92 Å². The Labute approximate surface area is 302 Å². The van der Waals surface area contributed by atoms with E-state index in [1.54, 1.807) is 0 Å². The molecule has 5 aromatic carbocycles. The maximum atomic E-state index is 9.15. The lowest BCUT2D eigenvalue weighted by molar-refractivity contribution is 0.701. The lowest BCUT2D eigenvalue weighted by Crippen LogP contribution is -2.08. The van der Waals surface area contributed by atoms with Crippen molar-refractivity contribution in [3.05, 3.63) is 173 Å². The van der Waals surface area contributed by atoms with Gasteiger partial charge in [0.2, 0.25) is 0 Å². The fourth-order valence-electron chi connectivity index (χ4n) is 7.97. The highest BCUT2D eigenvalue weighted by Gasteiger charge is 2.25. The van der Waals surface area contributed by atoms with Crippen molar-refractivity contribution >= 4 is 38.8 Å². The van der Waals surface area contributed by atoms with Crippen LogP contribution in [0.25, 0.3) is 50.2 Å². The molecule has 2 aliphatic carbocycles. The summed E-state index contributed by atoms with van der Waals surface area (Å²) >= 11 is 0. The van der Waals surface area contributed by atoms with E-state index in [4.69, 9.17) is 5.26 Å². The molecule has 7 aromatic rings. The maximum absolute atomic E-state index is 9.15. The lowest BCUT2D eigenvalue weighted by atomic mass is 9.87. The van der Waals surface area contributed by atoms with Crippen LogP contribution in [0.5, 0.6) is 0 Å². The summed E-state index contributed by atoms with van der Waals surface area (Å²) in [6.07, 6.45) is 10.6. The van der Waals surface area contributed by atoms with Gasteiger partial charge in [0, 0.05) is 56.2 Å². The van der Waals surface area contributed by atoms with Crippen molar-refractivity contribution in [1.82, 2.24) is 9.13 Å². The number of hydrogen-bond acceptors (Lipinski definition) is 1. The molecule has 3 nitrogen and oxygen atoms in total. The molecule has 0 amide bonds. The fourth-order valence-corrected chi connectivity index (χ4v) is 7.97. The standard InChI is InChI=1S/C26H20N2.C20H19N.C2H6/c1-18-10-15-24-23(16-18)26-22(20-13-11-19(17-27)12-14-20)8-5-9-25(26)28(24)21-6-3-2-4-7-21;1-14-12-15(2)20-18(13-14)17-10-6-7-11-19(17)21(20)16-8-4-3-5-9-16;1-2/h2-13,15-16,20H,14H2,1H3;3-11,13,15H,12H2,1-2H3;1-2H3. The number of nitriles is 1. The predicted molar refractivity (Wildman–Crippen MR) is 217 cm³/mol. The molecule has 0 spiro atoms. The second-order valence-corrected chi connectivity index (χ2v) is 13.5. The summed E-state index contributed by atoms with van der Waals surface area (Å²) < 4.78 is 4.80. The molecule has 9 rings (SSSR count). The van der Waals surface area contributed by atoms with Gasteiger partial charge >= 0.3 is 0 Å². The summed E-state index contributed by atoms with van der Waals surface area (Å²) in [6.45, 7) is 10.7. The van der Waals surface area contributed by atoms with Gasteiger partial charge in [0.1, 0.15) is 0 Å². The van der Waals surface area contributed by atoms with Gasteiger partial charge in [-0.15, -0.1) is 0 Å². The minimum absolute atomic E-state index is 0.288. The number of fused-ring (bicyclic) bond motifs is 6. The van der Waals surface area contributed by atoms with Gasteiger partial charge in [-0.1, -0.05) is 123 Å². The molecular weight excluding hydrogens is 619 g/mol. The summed E-state index contributed by atoms with van der Waals surface area (Å²) in [7, 11) is 0. The minimum Gasteiger partial charge on any atom is -0.313 e. The highest BCUT2D eigenvalue weighted by Crippen LogP contribution is 2.42. The molecule has 0 bridgehead atoms. The highest BCUT2D eigenvalue weighted by atomic mass is 15.0. The quantitative estimate of drug-likeness (QED) is 0.185. The Hall–Kier alpha value is -5.85. The highest BCUT2D eigenvalue weighted by molar-refractivity contribution is 6.11. The number of allylic oxidation sites excluding steroid dienone is 5. The number of hydrogen-bond donors (Lipinski definition) is 0. The van der Waals surface area contributed by atoms with E-state index in [-0.39, 0.29) is 5.92 Å². The van der Waals surface area contributed by atoms with Crippen LogP contribution < -0.4 is 0 Å². The molecule has 0 radical (unpaired) electrons. The molecule has 51 heavy (non-hydrogen) atoms. The smallest absolute Gasteiger partial charge is 0.0988 e. The zero-order chi connectivity index (χ0) is 35.5.